The molecular weight excluding hydrogens is 240 g/mol. The summed E-state index contributed by atoms with van der Waals surface area (Å²) in [6, 6.07) is 6.19. The molecule has 0 atom stereocenters. The maximum absolute atomic E-state index is 5.36. The second-order valence-electron chi connectivity index (χ2n) is 4.92. The first-order valence-electron chi connectivity index (χ1n) is 6.97. The zero-order valence-electron chi connectivity index (χ0n) is 11.9. The van der Waals surface area contributed by atoms with Crippen molar-refractivity contribution in [2.45, 2.75) is 19.4 Å². The summed E-state index contributed by atoms with van der Waals surface area (Å²) in [5.41, 5.74) is 1.28. The minimum atomic E-state index is 0.795. The molecule has 0 saturated carbocycles. The van der Waals surface area contributed by atoms with Crippen LogP contribution in [-0.4, -0.2) is 45.3 Å². The van der Waals surface area contributed by atoms with E-state index < -0.39 is 0 Å². The predicted octanol–water partition coefficient (Wildman–Crippen LogP) is 1.89. The van der Waals surface area contributed by atoms with Gasteiger partial charge >= 0.3 is 0 Å². The van der Waals surface area contributed by atoms with E-state index >= 15 is 0 Å². The molecule has 1 aliphatic rings. The molecule has 0 bridgehead atoms. The number of hydrogen-bond donors (Lipinski definition) is 1. The Balaban J connectivity index is 2.00. The molecule has 0 radical (unpaired) electrons. The smallest absolute Gasteiger partial charge is 0.161 e. The number of ether oxygens (including phenoxy) is 2. The average molecular weight is 264 g/mol. The van der Waals surface area contributed by atoms with Gasteiger partial charge in [0.1, 0.15) is 0 Å². The highest BCUT2D eigenvalue weighted by Crippen LogP contribution is 2.28. The molecule has 4 heteroatoms. The van der Waals surface area contributed by atoms with Gasteiger partial charge in [0.05, 0.1) is 14.2 Å². The summed E-state index contributed by atoms with van der Waals surface area (Å²) in [5, 5.41) is 3.44. The average Bonchev–Trinajstić information content (AvgIpc) is 2.41. The van der Waals surface area contributed by atoms with Crippen LogP contribution in [0.4, 0.5) is 0 Å². The lowest BCUT2D eigenvalue weighted by Gasteiger charge is -2.25. The molecule has 0 aromatic heterocycles. The summed E-state index contributed by atoms with van der Waals surface area (Å²) >= 11 is 0. The standard InChI is InChI=1S/C15H24N2O2/c1-18-14-6-5-13(11-15(14)19-2)12-17-9-3-7-16-8-4-10-17/h5-6,11,16H,3-4,7-10,12H2,1-2H3. The summed E-state index contributed by atoms with van der Waals surface area (Å²) in [6.07, 6.45) is 2.43. The van der Waals surface area contributed by atoms with Gasteiger partial charge in [0.2, 0.25) is 0 Å². The highest BCUT2D eigenvalue weighted by Gasteiger charge is 2.10. The molecule has 2 rings (SSSR count). The summed E-state index contributed by atoms with van der Waals surface area (Å²) in [5.74, 6) is 1.61. The molecule has 1 aromatic carbocycles. The normalized spacial score (nSPS) is 17.6. The van der Waals surface area contributed by atoms with Crippen LogP contribution in [0.5, 0.6) is 11.5 Å². The van der Waals surface area contributed by atoms with Gasteiger partial charge in [-0.3, -0.25) is 4.90 Å². The fourth-order valence-electron chi connectivity index (χ4n) is 2.49. The third-order valence-corrected chi connectivity index (χ3v) is 3.51. The van der Waals surface area contributed by atoms with Crippen LogP contribution in [-0.2, 0) is 6.54 Å². The first kappa shape index (κ1) is 14.2. The van der Waals surface area contributed by atoms with Crippen molar-refractivity contribution in [3.8, 4) is 11.5 Å². The molecule has 1 aromatic rings. The van der Waals surface area contributed by atoms with Crippen molar-refractivity contribution in [3.05, 3.63) is 23.8 Å². The van der Waals surface area contributed by atoms with Gasteiger partial charge < -0.3 is 14.8 Å². The van der Waals surface area contributed by atoms with Crippen LogP contribution in [0.1, 0.15) is 18.4 Å². The molecule has 1 heterocycles. The quantitative estimate of drug-likeness (QED) is 0.900. The van der Waals surface area contributed by atoms with Crippen molar-refractivity contribution in [1.29, 1.82) is 0 Å². The summed E-state index contributed by atoms with van der Waals surface area (Å²) in [7, 11) is 3.35. The van der Waals surface area contributed by atoms with Crippen molar-refractivity contribution in [3.63, 3.8) is 0 Å². The van der Waals surface area contributed by atoms with E-state index in [1.807, 2.05) is 6.07 Å². The van der Waals surface area contributed by atoms with Crippen LogP contribution in [0.3, 0.4) is 0 Å². The number of rotatable bonds is 4. The molecule has 4 nitrogen and oxygen atoms in total. The Bertz CT molecular complexity index is 388. The van der Waals surface area contributed by atoms with Gasteiger partial charge in [0.15, 0.2) is 11.5 Å². The molecule has 1 fully saturated rings. The number of hydrogen-bond acceptors (Lipinski definition) is 4. The molecule has 0 unspecified atom stereocenters. The second-order valence-corrected chi connectivity index (χ2v) is 4.92. The minimum Gasteiger partial charge on any atom is -0.493 e. The van der Waals surface area contributed by atoms with Crippen LogP contribution < -0.4 is 14.8 Å². The lowest BCUT2D eigenvalue weighted by atomic mass is 10.1. The predicted molar refractivity (Wildman–Crippen MR) is 76.9 cm³/mol. The fraction of sp³-hybridized carbons (Fsp3) is 0.600. The van der Waals surface area contributed by atoms with E-state index in [1.165, 1.54) is 18.4 Å². The van der Waals surface area contributed by atoms with Gasteiger partial charge in [-0.05, 0) is 56.7 Å². The Morgan fingerprint density at radius 2 is 1.74 bits per heavy atom. The number of methoxy groups -OCH3 is 2. The van der Waals surface area contributed by atoms with Gasteiger partial charge in [-0.2, -0.15) is 0 Å². The molecule has 1 saturated heterocycles. The summed E-state index contributed by atoms with van der Waals surface area (Å²) < 4.78 is 10.6. The van der Waals surface area contributed by atoms with Crippen molar-refractivity contribution in [2.24, 2.45) is 0 Å². The summed E-state index contributed by atoms with van der Waals surface area (Å²) in [6.45, 7) is 5.55. The molecule has 0 amide bonds. The van der Waals surface area contributed by atoms with Gasteiger partial charge in [0, 0.05) is 6.54 Å². The topological polar surface area (TPSA) is 33.7 Å². The van der Waals surface area contributed by atoms with E-state index in [-0.39, 0.29) is 0 Å². The van der Waals surface area contributed by atoms with E-state index in [9.17, 15) is 0 Å². The Kier molecular flexibility index (Phi) is 5.48. The van der Waals surface area contributed by atoms with Crippen LogP contribution in [0.2, 0.25) is 0 Å². The van der Waals surface area contributed by atoms with Crippen LogP contribution in [0, 0.1) is 0 Å². The maximum Gasteiger partial charge on any atom is 0.161 e. The van der Waals surface area contributed by atoms with E-state index in [1.54, 1.807) is 14.2 Å². The largest absolute Gasteiger partial charge is 0.493 e. The zero-order chi connectivity index (χ0) is 13.5. The van der Waals surface area contributed by atoms with Crippen LogP contribution >= 0.6 is 0 Å². The van der Waals surface area contributed by atoms with E-state index in [0.717, 1.165) is 44.2 Å². The first-order valence-corrected chi connectivity index (χ1v) is 6.97. The molecule has 0 spiro atoms. The van der Waals surface area contributed by atoms with Gasteiger partial charge in [-0.15, -0.1) is 0 Å². The van der Waals surface area contributed by atoms with Gasteiger partial charge in [-0.25, -0.2) is 0 Å². The lowest BCUT2D eigenvalue weighted by Crippen LogP contribution is -2.33. The van der Waals surface area contributed by atoms with Gasteiger partial charge in [-0.1, -0.05) is 6.07 Å². The van der Waals surface area contributed by atoms with E-state index in [4.69, 9.17) is 9.47 Å². The van der Waals surface area contributed by atoms with Crippen molar-refractivity contribution < 1.29 is 9.47 Å². The Labute approximate surface area is 115 Å². The molecule has 1 N–H and O–H groups in total. The molecule has 19 heavy (non-hydrogen) atoms. The molecule has 106 valence electrons. The van der Waals surface area contributed by atoms with Crippen molar-refractivity contribution in [2.75, 3.05) is 40.4 Å². The fourth-order valence-corrected chi connectivity index (χ4v) is 2.49. The highest BCUT2D eigenvalue weighted by molar-refractivity contribution is 5.42. The Morgan fingerprint density at radius 3 is 2.37 bits per heavy atom. The third-order valence-electron chi connectivity index (χ3n) is 3.51. The van der Waals surface area contributed by atoms with Gasteiger partial charge in [0.25, 0.3) is 0 Å². The lowest BCUT2D eigenvalue weighted by molar-refractivity contribution is 0.244. The minimum absolute atomic E-state index is 0.795. The Hall–Kier alpha value is -1.26. The maximum atomic E-state index is 5.36. The monoisotopic (exact) mass is 264 g/mol. The third kappa shape index (κ3) is 4.11. The molecular formula is C15H24N2O2. The molecule has 1 aliphatic heterocycles. The first-order chi connectivity index (χ1) is 9.33. The SMILES string of the molecule is COc1ccc(CN2CCCNCCC2)cc1OC. The second kappa shape index (κ2) is 7.36. The van der Waals surface area contributed by atoms with Crippen molar-refractivity contribution >= 4 is 0 Å². The van der Waals surface area contributed by atoms with Crippen LogP contribution in [0.15, 0.2) is 18.2 Å². The molecule has 0 aliphatic carbocycles. The number of nitrogens with zero attached hydrogens (tertiary/aromatic N) is 1. The Morgan fingerprint density at radius 1 is 1.05 bits per heavy atom. The van der Waals surface area contributed by atoms with E-state index in [2.05, 4.69) is 22.3 Å². The van der Waals surface area contributed by atoms with Crippen molar-refractivity contribution in [1.82, 2.24) is 10.2 Å². The number of benzene rings is 1. The van der Waals surface area contributed by atoms with E-state index in [0.29, 0.717) is 0 Å². The zero-order valence-corrected chi connectivity index (χ0v) is 11.9. The highest BCUT2D eigenvalue weighted by atomic mass is 16.5. The van der Waals surface area contributed by atoms with Crippen LogP contribution in [0.25, 0.3) is 0 Å². The summed E-state index contributed by atoms with van der Waals surface area (Å²) in [4.78, 5) is 2.52. The number of nitrogens with one attached hydrogen (secondary N) is 1.